The van der Waals surface area contributed by atoms with Crippen LogP contribution in [0.15, 0.2) is 4.42 Å². The maximum absolute atomic E-state index is 12.0. The second-order valence-electron chi connectivity index (χ2n) is 16.8. The molecule has 0 spiro atoms. The summed E-state index contributed by atoms with van der Waals surface area (Å²) in [6.45, 7) is 2.41. The van der Waals surface area contributed by atoms with Crippen LogP contribution < -0.4 is 0 Å². The Hall–Kier alpha value is -10.5. The zero-order chi connectivity index (χ0) is 51.5. The lowest BCUT2D eigenvalue weighted by molar-refractivity contribution is 0.341. The summed E-state index contributed by atoms with van der Waals surface area (Å²) >= 11 is 0. The van der Waals surface area contributed by atoms with Gasteiger partial charge >= 0.3 is 0 Å². The van der Waals surface area contributed by atoms with Gasteiger partial charge in [-0.25, -0.2) is 0 Å². The predicted octanol–water partition coefficient (Wildman–Crippen LogP) is 5.62. The van der Waals surface area contributed by atoms with Gasteiger partial charge in [0, 0.05) is 76.9 Å². The molecule has 0 saturated heterocycles. The zero-order valence-electron chi connectivity index (χ0n) is 34.6. The maximum Gasteiger partial charge on any atom is 0.205 e. The minimum atomic E-state index is -1.97. The Bertz CT molecular complexity index is 3990. The van der Waals surface area contributed by atoms with Crippen LogP contribution >= 0.6 is 0 Å². The Morgan fingerprint density at radius 3 is 0.929 bits per heavy atom. The van der Waals surface area contributed by atoms with E-state index in [4.69, 9.17) is 4.42 Å². The van der Waals surface area contributed by atoms with E-state index in [1.807, 2.05) is 0 Å². The van der Waals surface area contributed by atoms with Crippen LogP contribution in [-0.2, 0) is 5.41 Å². The van der Waals surface area contributed by atoms with Crippen molar-refractivity contribution >= 4 is 54.3 Å². The summed E-state index contributed by atoms with van der Waals surface area (Å²) in [5, 5.41) is 263. The average Bonchev–Trinajstić information content (AvgIpc) is 3.83. The second-order valence-corrected chi connectivity index (χ2v) is 16.8. The van der Waals surface area contributed by atoms with Gasteiger partial charge in [0.1, 0.15) is 0 Å². The Labute approximate surface area is 382 Å². The number of fused-ring (bicyclic) bond motifs is 10. The molecule has 1 aliphatic carbocycles. The number of furan rings is 1. The van der Waals surface area contributed by atoms with Crippen molar-refractivity contribution in [2.24, 2.45) is 0 Å². The van der Waals surface area contributed by atoms with E-state index < -0.39 is 242 Å². The minimum absolute atomic E-state index is 0.570. The van der Waals surface area contributed by atoms with Gasteiger partial charge in [-0.15, -0.1) is 0 Å². The van der Waals surface area contributed by atoms with E-state index in [9.17, 15) is 123 Å². The molecule has 0 unspecified atom stereocenters. The van der Waals surface area contributed by atoms with Crippen molar-refractivity contribution in [3.63, 3.8) is 0 Å². The van der Waals surface area contributed by atoms with Gasteiger partial charge in [-0.2, -0.15) is 0 Å². The lowest BCUT2D eigenvalue weighted by Gasteiger charge is -2.26. The van der Waals surface area contributed by atoms with Crippen molar-refractivity contribution in [1.82, 2.24) is 0 Å². The Kier molecular flexibility index (Phi) is 8.01. The predicted molar refractivity (Wildman–Crippen MR) is 235 cm³/mol. The van der Waals surface area contributed by atoms with Crippen molar-refractivity contribution in [2.75, 3.05) is 0 Å². The van der Waals surface area contributed by atoms with E-state index in [0.29, 0.717) is 0 Å². The molecule has 0 fully saturated rings. The third-order valence-corrected chi connectivity index (χ3v) is 13.0. The fourth-order valence-corrected chi connectivity index (χ4v) is 9.93. The van der Waals surface area contributed by atoms with Crippen LogP contribution in [-0.4, -0.2) is 123 Å². The van der Waals surface area contributed by atoms with Gasteiger partial charge in [0.25, 0.3) is 0 Å². The van der Waals surface area contributed by atoms with Gasteiger partial charge in [0.05, 0.1) is 16.2 Å². The van der Waals surface area contributed by atoms with E-state index in [0.717, 1.165) is 0 Å². The molecule has 25 heteroatoms. The highest BCUT2D eigenvalue weighted by Crippen LogP contribution is 2.72. The molecule has 360 valence electrons. The van der Waals surface area contributed by atoms with E-state index in [1.54, 1.807) is 0 Å². The molecule has 1 aliphatic rings. The summed E-state index contributed by atoms with van der Waals surface area (Å²) in [6.07, 6.45) is 0. The molecule has 9 aromatic rings. The van der Waals surface area contributed by atoms with Crippen LogP contribution in [0.4, 0.5) is 0 Å². The summed E-state index contributed by atoms with van der Waals surface area (Å²) < 4.78 is 5.73. The molecule has 0 atom stereocenters. The molecular weight excluding hydrogens is 940 g/mol. The largest absolute Gasteiger partial charge is 0.504 e. The summed E-state index contributed by atoms with van der Waals surface area (Å²) in [4.78, 5) is 0. The molecule has 0 aliphatic heterocycles. The van der Waals surface area contributed by atoms with E-state index >= 15 is 0 Å². The van der Waals surface area contributed by atoms with Crippen LogP contribution in [0.2, 0.25) is 0 Å². The first kappa shape index (κ1) is 43.4. The highest BCUT2D eigenvalue weighted by molar-refractivity contribution is 6.35. The second kappa shape index (κ2) is 12.9. The third-order valence-electron chi connectivity index (χ3n) is 13.0. The van der Waals surface area contributed by atoms with Gasteiger partial charge in [-0.05, 0) is 0 Å². The Balaban J connectivity index is 1.58. The highest BCUT2D eigenvalue weighted by atomic mass is 16.4. The van der Waals surface area contributed by atoms with Crippen molar-refractivity contribution in [1.29, 1.82) is 0 Å². The molecule has 1 aromatic heterocycles. The fourth-order valence-electron chi connectivity index (χ4n) is 9.93. The number of aromatic hydroxyl groups is 24. The highest BCUT2D eigenvalue weighted by Gasteiger charge is 2.49. The van der Waals surface area contributed by atoms with Crippen LogP contribution in [0, 0.1) is 0 Å². The molecule has 70 heavy (non-hydrogen) atoms. The monoisotopic (exact) mass is 970 g/mol. The first-order valence-corrected chi connectivity index (χ1v) is 19.5. The molecule has 0 saturated carbocycles. The van der Waals surface area contributed by atoms with Crippen LogP contribution in [0.5, 0.6) is 138 Å². The van der Waals surface area contributed by atoms with Gasteiger partial charge in [0.2, 0.25) is 63.2 Å². The number of hydrogen-bond acceptors (Lipinski definition) is 25. The SMILES string of the molecule is CC1(C)c2c(O)c(O)c(O)c(O)c2-c2c(-c3c4c(O)c(O)c(O)c(O)c4c(-c4c(O)c(O)c(O)c5oc6c7c(O)c(O)c(O)c(O)c7c(O)c(O)c6c45)c4c(O)c(O)c(O)c(O)c34)c(O)c(O)c(O)c21. The summed E-state index contributed by atoms with van der Waals surface area (Å²) in [6, 6.07) is 0. The smallest absolute Gasteiger partial charge is 0.205 e. The number of rotatable bonds is 2. The molecule has 0 radical (unpaired) electrons. The van der Waals surface area contributed by atoms with E-state index in [1.165, 1.54) is 13.8 Å². The van der Waals surface area contributed by atoms with Crippen LogP contribution in [0.1, 0.15) is 25.0 Å². The maximum atomic E-state index is 12.0. The average molecular weight is 971 g/mol. The summed E-state index contributed by atoms with van der Waals surface area (Å²) in [5.41, 5.74) is -11.8. The molecule has 1 heterocycles. The lowest BCUT2D eigenvalue weighted by atomic mass is 9.78. The zero-order valence-corrected chi connectivity index (χ0v) is 34.6. The molecule has 25 nitrogen and oxygen atoms in total. The van der Waals surface area contributed by atoms with Gasteiger partial charge < -0.3 is 127 Å². The lowest BCUT2D eigenvalue weighted by Crippen LogP contribution is -2.15. The quantitative estimate of drug-likeness (QED) is 0.0567. The number of hydrogen-bond donors (Lipinski definition) is 24. The number of phenols is 24. The minimum Gasteiger partial charge on any atom is -0.504 e. The molecule has 10 rings (SSSR count). The molecule has 8 aromatic carbocycles. The van der Waals surface area contributed by atoms with Gasteiger partial charge in [0.15, 0.2) is 85.9 Å². The molecule has 0 bridgehead atoms. The fraction of sp³-hybridized carbons (Fsp3) is 0.0667. The van der Waals surface area contributed by atoms with Crippen molar-refractivity contribution < 1.29 is 127 Å². The number of phenolic OH excluding ortho intramolecular Hbond substituents is 24. The van der Waals surface area contributed by atoms with Crippen molar-refractivity contribution in [3.05, 3.63) is 11.1 Å². The van der Waals surface area contributed by atoms with Crippen molar-refractivity contribution in [3.8, 4) is 171 Å². The number of benzene rings is 8. The van der Waals surface area contributed by atoms with E-state index in [2.05, 4.69) is 0 Å². The van der Waals surface area contributed by atoms with Crippen molar-refractivity contribution in [2.45, 2.75) is 19.3 Å². The molecule has 0 amide bonds. The summed E-state index contributed by atoms with van der Waals surface area (Å²) in [7, 11) is 0. The van der Waals surface area contributed by atoms with Gasteiger partial charge in [-0.1, -0.05) is 13.8 Å². The van der Waals surface area contributed by atoms with E-state index in [-0.39, 0.29) is 0 Å². The van der Waals surface area contributed by atoms with Crippen LogP contribution in [0.3, 0.4) is 0 Å². The molecular formula is C45H30O25. The normalized spacial score (nSPS) is 13.1. The first-order chi connectivity index (χ1) is 32.6. The topological polar surface area (TPSA) is 499 Å². The third kappa shape index (κ3) is 4.53. The van der Waals surface area contributed by atoms with Gasteiger partial charge in [-0.3, -0.25) is 0 Å². The Morgan fingerprint density at radius 1 is 0.200 bits per heavy atom. The summed E-state index contributed by atoms with van der Waals surface area (Å²) in [5.74, 6) is -36.4. The Morgan fingerprint density at radius 2 is 0.471 bits per heavy atom. The van der Waals surface area contributed by atoms with Crippen LogP contribution in [0.25, 0.3) is 87.6 Å². The first-order valence-electron chi connectivity index (χ1n) is 19.5. The molecule has 24 N–H and O–H groups in total. The standard InChI is InChI=1S/C45H30O25/c1-45(2)17-5(13-18(45)31(58)41(68)37(64)25(13)52)6(19(46)32(59)30(17)57)3-7-9(22(49)35(62)33(60)20(7)47)4(10-8(3)21(48)34(61)36(63)23(10)50)11-12-15-28(55)26(53)14-16(29(56)39(66)38(65)27(14)54)43(15)70-44(12)42(69)40(67)24(11)51/h46-69H,1-2H3.